The molecule has 0 spiro atoms. The van der Waals surface area contributed by atoms with Crippen molar-refractivity contribution < 1.29 is 0 Å². The molecule has 88 valence electrons. The lowest BCUT2D eigenvalue weighted by atomic mass is 9.83. The zero-order valence-electron chi connectivity index (χ0n) is 10.9. The molecule has 0 radical (unpaired) electrons. The molecule has 0 aromatic heterocycles. The summed E-state index contributed by atoms with van der Waals surface area (Å²) in [4.78, 5) is 0. The Morgan fingerprint density at radius 2 is 1.87 bits per heavy atom. The molecule has 0 heteroatoms. The summed E-state index contributed by atoms with van der Waals surface area (Å²) >= 11 is 0. The summed E-state index contributed by atoms with van der Waals surface area (Å²) < 4.78 is 0. The van der Waals surface area contributed by atoms with E-state index >= 15 is 0 Å². The van der Waals surface area contributed by atoms with Crippen molar-refractivity contribution in [3.05, 3.63) is 12.2 Å². The highest BCUT2D eigenvalue weighted by Crippen LogP contribution is 2.30. The van der Waals surface area contributed by atoms with Crippen molar-refractivity contribution in [3.63, 3.8) is 0 Å². The summed E-state index contributed by atoms with van der Waals surface area (Å²) in [6, 6.07) is 0. The van der Waals surface area contributed by atoms with Crippen LogP contribution in [0.3, 0.4) is 0 Å². The Balaban J connectivity index is 2.21. The van der Waals surface area contributed by atoms with Crippen LogP contribution in [0.1, 0.15) is 72.1 Å². The second-order valence-electron chi connectivity index (χ2n) is 5.94. The van der Waals surface area contributed by atoms with E-state index in [1.165, 1.54) is 51.4 Å². The van der Waals surface area contributed by atoms with Gasteiger partial charge in [-0.3, -0.25) is 0 Å². The fourth-order valence-corrected chi connectivity index (χ4v) is 2.49. The van der Waals surface area contributed by atoms with E-state index in [0.29, 0.717) is 5.41 Å². The van der Waals surface area contributed by atoms with Crippen molar-refractivity contribution >= 4 is 0 Å². The quantitative estimate of drug-likeness (QED) is 0.517. The van der Waals surface area contributed by atoms with Crippen LogP contribution in [-0.2, 0) is 0 Å². The van der Waals surface area contributed by atoms with Gasteiger partial charge in [0.25, 0.3) is 0 Å². The summed E-state index contributed by atoms with van der Waals surface area (Å²) in [5, 5.41) is 0. The van der Waals surface area contributed by atoms with Crippen LogP contribution in [-0.4, -0.2) is 0 Å². The van der Waals surface area contributed by atoms with Gasteiger partial charge in [-0.2, -0.15) is 0 Å². The van der Waals surface area contributed by atoms with Crippen LogP contribution in [0.25, 0.3) is 0 Å². The van der Waals surface area contributed by atoms with Gasteiger partial charge >= 0.3 is 0 Å². The van der Waals surface area contributed by atoms with Crippen LogP contribution in [0.15, 0.2) is 12.2 Å². The van der Waals surface area contributed by atoms with Crippen molar-refractivity contribution in [2.24, 2.45) is 11.3 Å². The van der Waals surface area contributed by atoms with Gasteiger partial charge in [-0.1, -0.05) is 58.6 Å². The second kappa shape index (κ2) is 6.35. The van der Waals surface area contributed by atoms with Gasteiger partial charge in [-0.05, 0) is 37.0 Å². The molecular weight excluding hydrogens is 180 g/mol. The molecule has 0 aliphatic heterocycles. The van der Waals surface area contributed by atoms with Crippen molar-refractivity contribution in [2.45, 2.75) is 72.1 Å². The molecule has 0 saturated heterocycles. The van der Waals surface area contributed by atoms with Crippen LogP contribution in [0.2, 0.25) is 0 Å². The molecule has 1 fully saturated rings. The van der Waals surface area contributed by atoms with Crippen LogP contribution >= 0.6 is 0 Å². The van der Waals surface area contributed by atoms with Gasteiger partial charge < -0.3 is 0 Å². The third kappa shape index (κ3) is 5.39. The SMILES string of the molecule is CCCCC(C)(C)C/C=C/C1CCCC1. The van der Waals surface area contributed by atoms with Gasteiger partial charge in [-0.25, -0.2) is 0 Å². The van der Waals surface area contributed by atoms with E-state index < -0.39 is 0 Å². The van der Waals surface area contributed by atoms with Crippen molar-refractivity contribution in [3.8, 4) is 0 Å². The van der Waals surface area contributed by atoms with Crippen LogP contribution in [0.4, 0.5) is 0 Å². The lowest BCUT2D eigenvalue weighted by molar-refractivity contribution is 0.327. The lowest BCUT2D eigenvalue weighted by Crippen LogP contribution is -2.09. The van der Waals surface area contributed by atoms with Gasteiger partial charge in [0.2, 0.25) is 0 Å². The van der Waals surface area contributed by atoms with Crippen molar-refractivity contribution in [1.82, 2.24) is 0 Å². The van der Waals surface area contributed by atoms with Crippen LogP contribution in [0.5, 0.6) is 0 Å². The monoisotopic (exact) mass is 208 g/mol. The number of unbranched alkanes of at least 4 members (excludes halogenated alkanes) is 1. The average Bonchev–Trinajstić information content (AvgIpc) is 2.67. The maximum Gasteiger partial charge on any atom is -0.0234 e. The summed E-state index contributed by atoms with van der Waals surface area (Å²) in [5.41, 5.74) is 0.519. The molecule has 0 amide bonds. The van der Waals surface area contributed by atoms with Gasteiger partial charge in [0.1, 0.15) is 0 Å². The highest BCUT2D eigenvalue weighted by atomic mass is 14.2. The molecule has 1 aliphatic carbocycles. The molecule has 0 unspecified atom stereocenters. The third-order valence-electron chi connectivity index (χ3n) is 3.69. The Morgan fingerprint density at radius 3 is 2.47 bits per heavy atom. The minimum atomic E-state index is 0.519. The van der Waals surface area contributed by atoms with E-state index in [4.69, 9.17) is 0 Å². The molecule has 0 N–H and O–H groups in total. The molecule has 0 nitrogen and oxygen atoms in total. The Labute approximate surface area is 96.2 Å². The van der Waals surface area contributed by atoms with Gasteiger partial charge in [-0.15, -0.1) is 0 Å². The zero-order valence-corrected chi connectivity index (χ0v) is 10.9. The Kier molecular flexibility index (Phi) is 5.42. The Bertz CT molecular complexity index is 182. The number of rotatable bonds is 6. The van der Waals surface area contributed by atoms with E-state index in [1.807, 2.05) is 0 Å². The van der Waals surface area contributed by atoms with Gasteiger partial charge in [0.05, 0.1) is 0 Å². The van der Waals surface area contributed by atoms with E-state index in [1.54, 1.807) is 0 Å². The third-order valence-corrected chi connectivity index (χ3v) is 3.69. The maximum atomic E-state index is 2.49. The fraction of sp³-hybridized carbons (Fsp3) is 0.867. The van der Waals surface area contributed by atoms with E-state index in [2.05, 4.69) is 32.9 Å². The van der Waals surface area contributed by atoms with Crippen molar-refractivity contribution in [1.29, 1.82) is 0 Å². The minimum absolute atomic E-state index is 0.519. The van der Waals surface area contributed by atoms with Gasteiger partial charge in [0.15, 0.2) is 0 Å². The number of hydrogen-bond acceptors (Lipinski definition) is 0. The van der Waals surface area contributed by atoms with Crippen molar-refractivity contribution in [2.75, 3.05) is 0 Å². The summed E-state index contributed by atoms with van der Waals surface area (Å²) in [6.45, 7) is 7.09. The first-order valence-corrected chi connectivity index (χ1v) is 6.81. The molecule has 0 atom stereocenters. The Morgan fingerprint density at radius 1 is 1.20 bits per heavy atom. The zero-order chi connectivity index (χ0) is 11.1. The lowest BCUT2D eigenvalue weighted by Gasteiger charge is -2.22. The molecule has 0 aromatic carbocycles. The molecular formula is C15H28. The molecule has 0 aromatic rings. The normalized spacial score (nSPS) is 19.1. The highest BCUT2D eigenvalue weighted by Gasteiger charge is 2.16. The van der Waals surface area contributed by atoms with Crippen LogP contribution < -0.4 is 0 Å². The largest absolute Gasteiger partial charge is 0.0877 e. The average molecular weight is 208 g/mol. The predicted octanol–water partition coefficient (Wildman–Crippen LogP) is 5.34. The van der Waals surface area contributed by atoms with E-state index in [0.717, 1.165) is 5.92 Å². The topological polar surface area (TPSA) is 0 Å². The molecule has 0 heterocycles. The fourth-order valence-electron chi connectivity index (χ4n) is 2.49. The van der Waals surface area contributed by atoms with E-state index in [9.17, 15) is 0 Å². The first kappa shape index (κ1) is 12.8. The molecule has 1 rings (SSSR count). The smallest absolute Gasteiger partial charge is 0.0234 e. The number of allylic oxidation sites excluding steroid dienone is 2. The molecule has 0 bridgehead atoms. The first-order chi connectivity index (χ1) is 7.14. The minimum Gasteiger partial charge on any atom is -0.0877 e. The van der Waals surface area contributed by atoms with Crippen LogP contribution in [0, 0.1) is 11.3 Å². The first-order valence-electron chi connectivity index (χ1n) is 6.81. The Hall–Kier alpha value is -0.260. The maximum absolute atomic E-state index is 2.49. The summed E-state index contributed by atoms with van der Waals surface area (Å²) in [6.07, 6.45) is 16.1. The molecule has 15 heavy (non-hydrogen) atoms. The predicted molar refractivity (Wildman–Crippen MR) is 69.0 cm³/mol. The summed E-state index contributed by atoms with van der Waals surface area (Å²) in [7, 11) is 0. The molecule has 1 aliphatic rings. The second-order valence-corrected chi connectivity index (χ2v) is 5.94. The van der Waals surface area contributed by atoms with Gasteiger partial charge in [0, 0.05) is 0 Å². The van der Waals surface area contributed by atoms with E-state index in [-0.39, 0.29) is 0 Å². The standard InChI is InChI=1S/C15H28/c1-4-5-12-15(2,3)13-8-11-14-9-6-7-10-14/h8,11,14H,4-7,9-10,12-13H2,1-3H3/b11-8+. The molecule has 1 saturated carbocycles. The number of hydrogen-bond donors (Lipinski definition) is 0. The summed E-state index contributed by atoms with van der Waals surface area (Å²) in [5.74, 6) is 0.909. The highest BCUT2D eigenvalue weighted by molar-refractivity contribution is 4.93.